The van der Waals surface area contributed by atoms with E-state index in [0.717, 1.165) is 5.56 Å². The highest BCUT2D eigenvalue weighted by Gasteiger charge is 2.68. The minimum absolute atomic E-state index is 0.0175. The largest absolute Gasteiger partial charge is 0.410 e. The average Bonchev–Trinajstić information content (AvgIpc) is 2.98. The van der Waals surface area contributed by atoms with Crippen LogP contribution in [0.3, 0.4) is 0 Å². The zero-order valence-corrected chi connectivity index (χ0v) is 14.9. The summed E-state index contributed by atoms with van der Waals surface area (Å²) in [5.74, 6) is -3.36. The highest BCUT2D eigenvalue weighted by Crippen LogP contribution is 2.42. The predicted octanol–water partition coefficient (Wildman–Crippen LogP) is 1.82. The van der Waals surface area contributed by atoms with Crippen molar-refractivity contribution in [1.29, 1.82) is 0 Å². The first-order chi connectivity index (χ1) is 13.3. The number of rotatable bonds is 8. The first-order valence-electron chi connectivity index (χ1n) is 8.77. The van der Waals surface area contributed by atoms with Crippen LogP contribution in [0.25, 0.3) is 0 Å². The summed E-state index contributed by atoms with van der Waals surface area (Å²) in [6.07, 6.45) is -8.93. The molecule has 1 heterocycles. The second-order valence-electron chi connectivity index (χ2n) is 6.55. The Bertz CT molecular complexity index is 739. The fraction of sp³-hybridized carbons (Fsp3) is 0.400. The number of hydrogen-bond acceptors (Lipinski definition) is 6. The maximum Gasteiger partial charge on any atom is 0.410 e. The molecule has 0 radical (unpaired) electrons. The van der Waals surface area contributed by atoms with Crippen LogP contribution in [0.1, 0.15) is 11.1 Å². The van der Waals surface area contributed by atoms with Crippen molar-refractivity contribution in [3.05, 3.63) is 71.8 Å². The Morgan fingerprint density at radius 3 is 1.89 bits per heavy atom. The van der Waals surface area contributed by atoms with Crippen molar-refractivity contribution >= 4 is 0 Å². The van der Waals surface area contributed by atoms with Crippen LogP contribution in [0.5, 0.6) is 0 Å². The van der Waals surface area contributed by atoms with Gasteiger partial charge in [-0.2, -0.15) is 8.78 Å². The molecule has 0 amide bonds. The Hall–Kier alpha value is -1.94. The Kier molecular flexibility index (Phi) is 6.39. The van der Waals surface area contributed by atoms with E-state index in [9.17, 15) is 24.1 Å². The molecule has 6 nitrogen and oxygen atoms in total. The van der Waals surface area contributed by atoms with Gasteiger partial charge < -0.3 is 29.5 Å². The summed E-state index contributed by atoms with van der Waals surface area (Å²) in [4.78, 5) is 0. The van der Waals surface area contributed by atoms with Gasteiger partial charge in [0.25, 0.3) is 5.79 Å². The normalized spacial score (nSPS) is 27.8. The molecule has 4 atom stereocenters. The third kappa shape index (κ3) is 4.38. The minimum atomic E-state index is -4.63. The van der Waals surface area contributed by atoms with E-state index >= 15 is 0 Å². The SMILES string of the molecule is OC[C@H]1OC(O)(C(O)(F)F)[C@@H](OCc2ccccc2)[C@@H]1OCc1ccccc1. The summed E-state index contributed by atoms with van der Waals surface area (Å²) in [6, 6.07) is 17.7. The number of ether oxygens (including phenoxy) is 3. The van der Waals surface area contributed by atoms with Gasteiger partial charge in [-0.25, -0.2) is 0 Å². The highest BCUT2D eigenvalue weighted by molar-refractivity contribution is 5.15. The van der Waals surface area contributed by atoms with Gasteiger partial charge in [0, 0.05) is 0 Å². The lowest BCUT2D eigenvalue weighted by atomic mass is 10.0. The van der Waals surface area contributed by atoms with E-state index in [0.29, 0.717) is 5.56 Å². The second kappa shape index (κ2) is 8.60. The standard InChI is InChI=1S/C20H22F2O6/c21-20(22,25)19(24)18(27-13-15-9-5-2-6-10-15)17(16(11-23)28-19)26-12-14-7-3-1-4-8-14/h1-10,16-18,23-25H,11-13H2/t16-,17-,18+,19?/m1/s1. The zero-order chi connectivity index (χ0) is 20.2. The first-order valence-corrected chi connectivity index (χ1v) is 8.77. The molecular weight excluding hydrogens is 374 g/mol. The van der Waals surface area contributed by atoms with Crippen LogP contribution in [-0.2, 0) is 27.4 Å². The van der Waals surface area contributed by atoms with Crippen LogP contribution >= 0.6 is 0 Å². The van der Waals surface area contributed by atoms with Gasteiger partial charge in [0.1, 0.15) is 18.3 Å². The fourth-order valence-corrected chi connectivity index (χ4v) is 3.10. The van der Waals surface area contributed by atoms with Gasteiger partial charge in [-0.15, -0.1) is 0 Å². The van der Waals surface area contributed by atoms with Gasteiger partial charge in [0.15, 0.2) is 0 Å². The molecule has 2 aromatic carbocycles. The molecule has 0 bridgehead atoms. The predicted molar refractivity (Wildman–Crippen MR) is 94.1 cm³/mol. The minimum Gasteiger partial charge on any atom is -0.394 e. The van der Waals surface area contributed by atoms with Gasteiger partial charge >= 0.3 is 6.11 Å². The van der Waals surface area contributed by atoms with Gasteiger partial charge in [0.05, 0.1) is 19.8 Å². The van der Waals surface area contributed by atoms with Gasteiger partial charge in [-0.3, -0.25) is 0 Å². The summed E-state index contributed by atoms with van der Waals surface area (Å²) in [7, 11) is 0. The molecule has 2 aromatic rings. The molecule has 1 aliphatic heterocycles. The van der Waals surface area contributed by atoms with E-state index in [1.165, 1.54) is 0 Å². The number of aliphatic hydroxyl groups is 3. The Morgan fingerprint density at radius 1 is 0.929 bits per heavy atom. The Labute approximate surface area is 160 Å². The van der Waals surface area contributed by atoms with Crippen LogP contribution < -0.4 is 0 Å². The van der Waals surface area contributed by atoms with E-state index in [4.69, 9.17) is 14.2 Å². The third-order valence-electron chi connectivity index (χ3n) is 4.55. The molecule has 0 aromatic heterocycles. The van der Waals surface area contributed by atoms with Crippen molar-refractivity contribution in [1.82, 2.24) is 0 Å². The lowest BCUT2D eigenvalue weighted by molar-refractivity contribution is -0.409. The fourth-order valence-electron chi connectivity index (χ4n) is 3.10. The van der Waals surface area contributed by atoms with E-state index in [1.807, 2.05) is 6.07 Å². The Balaban J connectivity index is 1.82. The molecule has 1 aliphatic rings. The van der Waals surface area contributed by atoms with Crippen LogP contribution in [0.15, 0.2) is 60.7 Å². The molecule has 0 spiro atoms. The molecule has 152 valence electrons. The summed E-state index contributed by atoms with van der Waals surface area (Å²) >= 11 is 0. The lowest BCUT2D eigenvalue weighted by Gasteiger charge is -2.33. The number of benzene rings is 2. The molecule has 8 heteroatoms. The van der Waals surface area contributed by atoms with Crippen molar-refractivity contribution in [3.8, 4) is 0 Å². The molecule has 28 heavy (non-hydrogen) atoms. The topological polar surface area (TPSA) is 88.4 Å². The van der Waals surface area contributed by atoms with E-state index in [1.54, 1.807) is 54.6 Å². The van der Waals surface area contributed by atoms with Crippen LogP contribution in [0.2, 0.25) is 0 Å². The van der Waals surface area contributed by atoms with Crippen LogP contribution in [0, 0.1) is 0 Å². The smallest absolute Gasteiger partial charge is 0.394 e. The molecule has 1 fully saturated rings. The molecule has 0 aliphatic carbocycles. The quantitative estimate of drug-likeness (QED) is 0.631. The van der Waals surface area contributed by atoms with E-state index in [-0.39, 0.29) is 13.2 Å². The first kappa shape index (κ1) is 20.8. The maximum absolute atomic E-state index is 13.8. The zero-order valence-electron chi connectivity index (χ0n) is 14.9. The molecule has 3 N–H and O–H groups in total. The van der Waals surface area contributed by atoms with E-state index < -0.39 is 36.8 Å². The second-order valence-corrected chi connectivity index (χ2v) is 6.55. The molecule has 3 rings (SSSR count). The number of hydrogen-bond donors (Lipinski definition) is 3. The highest BCUT2D eigenvalue weighted by atomic mass is 19.3. The molecular formula is C20H22F2O6. The van der Waals surface area contributed by atoms with Gasteiger partial charge in [-0.05, 0) is 11.1 Å². The van der Waals surface area contributed by atoms with Gasteiger partial charge in [-0.1, -0.05) is 60.7 Å². The van der Waals surface area contributed by atoms with Crippen molar-refractivity contribution < 1.29 is 38.3 Å². The van der Waals surface area contributed by atoms with Gasteiger partial charge in [0.2, 0.25) is 0 Å². The summed E-state index contributed by atoms with van der Waals surface area (Å²) in [5.41, 5.74) is 1.42. The summed E-state index contributed by atoms with van der Waals surface area (Å²) < 4.78 is 43.7. The Morgan fingerprint density at radius 2 is 1.43 bits per heavy atom. The molecule has 1 saturated heterocycles. The monoisotopic (exact) mass is 396 g/mol. The van der Waals surface area contributed by atoms with Crippen molar-refractivity contribution in [3.63, 3.8) is 0 Å². The summed E-state index contributed by atoms with van der Waals surface area (Å²) in [6.45, 7) is -0.816. The number of aliphatic hydroxyl groups excluding tert-OH is 1. The van der Waals surface area contributed by atoms with Crippen molar-refractivity contribution in [2.45, 2.75) is 43.4 Å². The molecule has 1 unspecified atom stereocenters. The maximum atomic E-state index is 13.8. The summed E-state index contributed by atoms with van der Waals surface area (Å²) in [5, 5.41) is 29.2. The number of alkyl halides is 2. The van der Waals surface area contributed by atoms with E-state index in [2.05, 4.69) is 0 Å². The van der Waals surface area contributed by atoms with Crippen LogP contribution in [0.4, 0.5) is 8.78 Å². The van der Waals surface area contributed by atoms with Crippen molar-refractivity contribution in [2.75, 3.05) is 6.61 Å². The molecule has 0 saturated carbocycles. The van der Waals surface area contributed by atoms with Crippen molar-refractivity contribution in [2.24, 2.45) is 0 Å². The van der Waals surface area contributed by atoms with Crippen LogP contribution in [-0.4, -0.2) is 52.1 Å². The number of halogens is 2. The average molecular weight is 396 g/mol. The lowest BCUT2D eigenvalue weighted by Crippen LogP contribution is -2.57. The third-order valence-corrected chi connectivity index (χ3v) is 4.55.